The summed E-state index contributed by atoms with van der Waals surface area (Å²) in [5.74, 6) is -0.965. The second-order valence-corrected chi connectivity index (χ2v) is 6.46. The Morgan fingerprint density at radius 1 is 1.14 bits per heavy atom. The number of carbonyl (C=O) groups is 2. The zero-order valence-corrected chi connectivity index (χ0v) is 14.7. The van der Waals surface area contributed by atoms with E-state index >= 15 is 0 Å². The number of carbonyl (C=O) groups excluding carboxylic acids is 2. The first kappa shape index (κ1) is 17.7. The molecule has 0 saturated carbocycles. The zero-order chi connectivity index (χ0) is 19.7. The van der Waals surface area contributed by atoms with Crippen molar-refractivity contribution in [2.24, 2.45) is 0 Å². The molecule has 7 nitrogen and oxygen atoms in total. The van der Waals surface area contributed by atoms with Crippen LogP contribution in [0, 0.1) is 5.82 Å². The van der Waals surface area contributed by atoms with Crippen molar-refractivity contribution >= 4 is 11.8 Å². The largest absolute Gasteiger partial charge is 0.508 e. The highest BCUT2D eigenvalue weighted by Crippen LogP contribution is 2.26. The van der Waals surface area contributed by atoms with Gasteiger partial charge in [-0.25, -0.2) is 4.39 Å². The normalized spacial score (nSPS) is 16.7. The van der Waals surface area contributed by atoms with Crippen LogP contribution in [0.4, 0.5) is 4.39 Å². The van der Waals surface area contributed by atoms with E-state index < -0.39 is 11.9 Å². The minimum Gasteiger partial charge on any atom is -0.508 e. The molecule has 1 aliphatic heterocycles. The standard InChI is InChI=1S/C20H17FN4O3/c21-14-5-1-13(2-6-14)18-19(27)22-9-10-25(18)20(28)17-11-16(23-24-17)12-3-7-15(26)8-4-12/h1-8,11,18,26H,9-10H2,(H,22,27)(H,23,24)/t18-/m1/s1. The van der Waals surface area contributed by atoms with Crippen LogP contribution < -0.4 is 5.32 Å². The Bertz CT molecular complexity index is 1010. The third-order valence-electron chi connectivity index (χ3n) is 4.63. The van der Waals surface area contributed by atoms with E-state index in [0.29, 0.717) is 24.3 Å². The summed E-state index contributed by atoms with van der Waals surface area (Å²) in [4.78, 5) is 26.9. The first-order valence-electron chi connectivity index (χ1n) is 8.72. The summed E-state index contributed by atoms with van der Waals surface area (Å²) in [5, 5.41) is 19.0. The van der Waals surface area contributed by atoms with Crippen LogP contribution in [0.3, 0.4) is 0 Å². The smallest absolute Gasteiger partial charge is 0.272 e. The van der Waals surface area contributed by atoms with Gasteiger partial charge in [0.25, 0.3) is 5.91 Å². The predicted octanol–water partition coefficient (Wildman–Crippen LogP) is 2.23. The van der Waals surface area contributed by atoms with E-state index in [2.05, 4.69) is 15.5 Å². The first-order valence-corrected chi connectivity index (χ1v) is 8.72. The summed E-state index contributed by atoms with van der Waals surface area (Å²) < 4.78 is 13.3. The molecule has 1 fully saturated rings. The summed E-state index contributed by atoms with van der Waals surface area (Å²) in [6, 6.07) is 12.7. The maximum atomic E-state index is 13.3. The van der Waals surface area contributed by atoms with Crippen LogP contribution in [0.5, 0.6) is 5.75 Å². The third-order valence-corrected chi connectivity index (χ3v) is 4.63. The van der Waals surface area contributed by atoms with Crippen molar-refractivity contribution in [3.05, 3.63) is 71.7 Å². The van der Waals surface area contributed by atoms with Crippen molar-refractivity contribution in [3.8, 4) is 17.0 Å². The van der Waals surface area contributed by atoms with Gasteiger partial charge in [-0.1, -0.05) is 12.1 Å². The number of phenolic OH excluding ortho intramolecular Hbond substituents is 1. The van der Waals surface area contributed by atoms with Crippen LogP contribution in [-0.4, -0.2) is 45.1 Å². The minimum atomic E-state index is -0.845. The molecule has 28 heavy (non-hydrogen) atoms. The molecule has 142 valence electrons. The summed E-state index contributed by atoms with van der Waals surface area (Å²) >= 11 is 0. The number of hydrogen-bond acceptors (Lipinski definition) is 4. The average molecular weight is 380 g/mol. The molecule has 4 rings (SSSR count). The molecule has 3 aromatic rings. The van der Waals surface area contributed by atoms with Gasteiger partial charge in [-0.05, 0) is 48.0 Å². The van der Waals surface area contributed by atoms with Crippen molar-refractivity contribution < 1.29 is 19.1 Å². The third kappa shape index (κ3) is 3.32. The molecule has 8 heteroatoms. The van der Waals surface area contributed by atoms with E-state index in [4.69, 9.17) is 0 Å². The molecule has 3 N–H and O–H groups in total. The van der Waals surface area contributed by atoms with Gasteiger partial charge in [0.05, 0.1) is 5.69 Å². The number of amides is 2. The van der Waals surface area contributed by atoms with Crippen molar-refractivity contribution in [2.75, 3.05) is 13.1 Å². The number of aromatic nitrogens is 2. The number of aromatic amines is 1. The molecule has 1 saturated heterocycles. The Hall–Kier alpha value is -3.68. The van der Waals surface area contributed by atoms with Gasteiger partial charge in [-0.15, -0.1) is 0 Å². The Morgan fingerprint density at radius 2 is 1.86 bits per heavy atom. The Kier molecular flexibility index (Phi) is 4.52. The van der Waals surface area contributed by atoms with Crippen LogP contribution in [-0.2, 0) is 4.79 Å². The van der Waals surface area contributed by atoms with E-state index in [1.165, 1.54) is 41.3 Å². The van der Waals surface area contributed by atoms with Crippen LogP contribution in [0.2, 0.25) is 0 Å². The van der Waals surface area contributed by atoms with Crippen LogP contribution in [0.25, 0.3) is 11.3 Å². The number of hydrogen-bond donors (Lipinski definition) is 3. The van der Waals surface area contributed by atoms with Crippen molar-refractivity contribution in [2.45, 2.75) is 6.04 Å². The monoisotopic (exact) mass is 380 g/mol. The SMILES string of the molecule is O=C1NCCN(C(=O)c2cc(-c3ccc(O)cc3)n[nH]2)[C@@H]1c1ccc(F)cc1. The summed E-state index contributed by atoms with van der Waals surface area (Å²) in [6.07, 6.45) is 0. The Morgan fingerprint density at radius 3 is 2.57 bits per heavy atom. The van der Waals surface area contributed by atoms with Gasteiger partial charge >= 0.3 is 0 Å². The average Bonchev–Trinajstić information content (AvgIpc) is 3.19. The molecule has 1 aliphatic rings. The van der Waals surface area contributed by atoms with Crippen molar-refractivity contribution in [3.63, 3.8) is 0 Å². The highest BCUT2D eigenvalue weighted by atomic mass is 19.1. The quantitative estimate of drug-likeness (QED) is 0.649. The second-order valence-electron chi connectivity index (χ2n) is 6.46. The van der Waals surface area contributed by atoms with E-state index in [9.17, 15) is 19.1 Å². The summed E-state index contributed by atoms with van der Waals surface area (Å²) in [7, 11) is 0. The maximum Gasteiger partial charge on any atom is 0.272 e. The summed E-state index contributed by atoms with van der Waals surface area (Å²) in [5.41, 5.74) is 2.05. The number of phenols is 1. The highest BCUT2D eigenvalue weighted by Gasteiger charge is 2.35. The number of nitrogens with zero attached hydrogens (tertiary/aromatic N) is 2. The fourth-order valence-electron chi connectivity index (χ4n) is 3.23. The molecule has 1 atom stereocenters. The first-order chi connectivity index (χ1) is 13.5. The molecule has 0 aliphatic carbocycles. The fraction of sp³-hybridized carbons (Fsp3) is 0.150. The van der Waals surface area contributed by atoms with Crippen LogP contribution >= 0.6 is 0 Å². The van der Waals surface area contributed by atoms with Gasteiger partial charge in [-0.3, -0.25) is 14.7 Å². The molecule has 0 radical (unpaired) electrons. The highest BCUT2D eigenvalue weighted by molar-refractivity contribution is 5.98. The molecule has 1 aromatic heterocycles. The number of nitrogens with one attached hydrogen (secondary N) is 2. The molecule has 0 bridgehead atoms. The lowest BCUT2D eigenvalue weighted by Gasteiger charge is -2.35. The topological polar surface area (TPSA) is 98.3 Å². The number of H-pyrrole nitrogens is 1. The number of halogens is 1. The van der Waals surface area contributed by atoms with Crippen molar-refractivity contribution in [1.82, 2.24) is 20.4 Å². The van der Waals surface area contributed by atoms with E-state index in [1.807, 2.05) is 0 Å². The van der Waals surface area contributed by atoms with Crippen LogP contribution in [0.15, 0.2) is 54.6 Å². The zero-order valence-electron chi connectivity index (χ0n) is 14.7. The van der Waals surface area contributed by atoms with Gasteiger partial charge in [0.15, 0.2) is 0 Å². The van der Waals surface area contributed by atoms with E-state index in [-0.39, 0.29) is 23.3 Å². The van der Waals surface area contributed by atoms with Gasteiger partial charge in [-0.2, -0.15) is 5.10 Å². The number of benzene rings is 2. The molecule has 2 heterocycles. The van der Waals surface area contributed by atoms with Gasteiger partial charge in [0.1, 0.15) is 23.3 Å². The molecular formula is C20H17FN4O3. The van der Waals surface area contributed by atoms with E-state index in [0.717, 1.165) is 5.56 Å². The lowest BCUT2D eigenvalue weighted by molar-refractivity contribution is -0.128. The van der Waals surface area contributed by atoms with Crippen molar-refractivity contribution in [1.29, 1.82) is 0 Å². The number of aromatic hydroxyl groups is 1. The molecule has 0 unspecified atom stereocenters. The minimum absolute atomic E-state index is 0.136. The number of rotatable bonds is 3. The number of piperazine rings is 1. The maximum absolute atomic E-state index is 13.3. The Labute approximate surface area is 159 Å². The fourth-order valence-corrected chi connectivity index (χ4v) is 3.23. The van der Waals surface area contributed by atoms with Gasteiger partial charge < -0.3 is 15.3 Å². The molecule has 2 amide bonds. The molecular weight excluding hydrogens is 363 g/mol. The van der Waals surface area contributed by atoms with Gasteiger partial charge in [0.2, 0.25) is 5.91 Å². The Balaban J connectivity index is 1.63. The lowest BCUT2D eigenvalue weighted by atomic mass is 10.0. The lowest BCUT2D eigenvalue weighted by Crippen LogP contribution is -2.52. The second kappa shape index (κ2) is 7.15. The summed E-state index contributed by atoms with van der Waals surface area (Å²) in [6.45, 7) is 0.654. The van der Waals surface area contributed by atoms with Gasteiger partial charge in [0, 0.05) is 18.7 Å². The predicted molar refractivity (Wildman–Crippen MR) is 98.9 cm³/mol. The van der Waals surface area contributed by atoms with Crippen LogP contribution in [0.1, 0.15) is 22.1 Å². The van der Waals surface area contributed by atoms with E-state index in [1.54, 1.807) is 18.2 Å². The molecule has 0 spiro atoms. The molecule has 2 aromatic carbocycles.